The third-order valence-electron chi connectivity index (χ3n) is 2.56. The van der Waals surface area contributed by atoms with Crippen molar-refractivity contribution in [3.05, 3.63) is 35.4 Å². The van der Waals surface area contributed by atoms with Crippen molar-refractivity contribution in [2.45, 2.75) is 52.6 Å². The van der Waals surface area contributed by atoms with E-state index in [1.54, 1.807) is 0 Å². The molecule has 0 radical (unpaired) electrons. The molecule has 94 valence electrons. The van der Waals surface area contributed by atoms with Gasteiger partial charge in [0.05, 0.1) is 12.5 Å². The molecule has 0 N–H and O–H groups in total. The Morgan fingerprint density at radius 3 is 2.29 bits per heavy atom. The van der Waals surface area contributed by atoms with E-state index in [2.05, 4.69) is 19.1 Å². The summed E-state index contributed by atoms with van der Waals surface area (Å²) in [6.45, 7) is 5.92. The van der Waals surface area contributed by atoms with Gasteiger partial charge in [-0.2, -0.15) is 0 Å². The first-order valence-corrected chi connectivity index (χ1v) is 6.39. The fourth-order valence-corrected chi connectivity index (χ4v) is 1.68. The van der Waals surface area contributed by atoms with Crippen molar-refractivity contribution >= 4 is 5.97 Å². The predicted octanol–water partition coefficient (Wildman–Crippen LogP) is 3.52. The quantitative estimate of drug-likeness (QED) is 0.704. The summed E-state index contributed by atoms with van der Waals surface area (Å²) in [4.78, 5) is 11.5. The summed E-state index contributed by atoms with van der Waals surface area (Å²) in [5.74, 6) is -0.152. The number of rotatable bonds is 6. The van der Waals surface area contributed by atoms with Crippen LogP contribution in [0.2, 0.25) is 0 Å². The molecule has 1 rings (SSSR count). The lowest BCUT2D eigenvalue weighted by atomic mass is 10.1. The van der Waals surface area contributed by atoms with E-state index in [1.807, 2.05) is 26.0 Å². The van der Waals surface area contributed by atoms with E-state index in [-0.39, 0.29) is 12.1 Å². The highest BCUT2D eigenvalue weighted by Gasteiger charge is 2.06. The van der Waals surface area contributed by atoms with Gasteiger partial charge in [-0.3, -0.25) is 4.79 Å². The number of aryl methyl sites for hydroxylation is 1. The maximum absolute atomic E-state index is 11.5. The van der Waals surface area contributed by atoms with Crippen LogP contribution in [0, 0.1) is 0 Å². The smallest absolute Gasteiger partial charge is 0.310 e. The molecule has 0 aliphatic heterocycles. The van der Waals surface area contributed by atoms with Crippen molar-refractivity contribution in [2.24, 2.45) is 0 Å². The zero-order valence-electron chi connectivity index (χ0n) is 11.0. The summed E-state index contributed by atoms with van der Waals surface area (Å²) in [7, 11) is 0. The van der Waals surface area contributed by atoms with Crippen molar-refractivity contribution in [1.82, 2.24) is 0 Å². The SMILES string of the molecule is CCCCc1ccc(CC(=O)OC(C)C)cc1. The second kappa shape index (κ2) is 7.10. The van der Waals surface area contributed by atoms with E-state index in [0.29, 0.717) is 6.42 Å². The van der Waals surface area contributed by atoms with Crippen molar-refractivity contribution in [3.8, 4) is 0 Å². The lowest BCUT2D eigenvalue weighted by Crippen LogP contribution is -2.13. The van der Waals surface area contributed by atoms with Crippen LogP contribution in [0.1, 0.15) is 44.7 Å². The van der Waals surface area contributed by atoms with E-state index >= 15 is 0 Å². The maximum atomic E-state index is 11.5. The van der Waals surface area contributed by atoms with Gasteiger partial charge in [0.15, 0.2) is 0 Å². The number of carbonyl (C=O) groups is 1. The molecule has 0 fully saturated rings. The molecular formula is C15H22O2. The molecule has 0 aliphatic carbocycles. The lowest BCUT2D eigenvalue weighted by Gasteiger charge is -2.08. The van der Waals surface area contributed by atoms with Gasteiger partial charge in [-0.25, -0.2) is 0 Å². The van der Waals surface area contributed by atoms with Gasteiger partial charge < -0.3 is 4.74 Å². The Balaban J connectivity index is 2.47. The van der Waals surface area contributed by atoms with Crippen LogP contribution in [0.4, 0.5) is 0 Å². The standard InChI is InChI=1S/C15H22O2/c1-4-5-6-13-7-9-14(10-8-13)11-15(16)17-12(2)3/h7-10,12H,4-6,11H2,1-3H3. The van der Waals surface area contributed by atoms with Crippen LogP contribution >= 0.6 is 0 Å². The Morgan fingerprint density at radius 1 is 1.18 bits per heavy atom. The van der Waals surface area contributed by atoms with Gasteiger partial charge in [-0.05, 0) is 37.8 Å². The Morgan fingerprint density at radius 2 is 1.76 bits per heavy atom. The Labute approximate surface area is 104 Å². The second-order valence-electron chi connectivity index (χ2n) is 4.64. The number of hydrogen-bond acceptors (Lipinski definition) is 2. The third kappa shape index (κ3) is 5.53. The summed E-state index contributed by atoms with van der Waals surface area (Å²) >= 11 is 0. The highest BCUT2D eigenvalue weighted by Crippen LogP contribution is 2.09. The minimum absolute atomic E-state index is 0.0358. The first-order chi connectivity index (χ1) is 8.11. The van der Waals surface area contributed by atoms with E-state index in [9.17, 15) is 4.79 Å². The minimum Gasteiger partial charge on any atom is -0.463 e. The predicted molar refractivity (Wildman–Crippen MR) is 70.0 cm³/mol. The highest BCUT2D eigenvalue weighted by atomic mass is 16.5. The molecule has 0 aliphatic rings. The number of hydrogen-bond donors (Lipinski definition) is 0. The number of unbranched alkanes of at least 4 members (excludes halogenated alkanes) is 1. The van der Waals surface area contributed by atoms with Crippen LogP contribution in [0.25, 0.3) is 0 Å². The summed E-state index contributed by atoms with van der Waals surface area (Å²) in [6.07, 6.45) is 3.88. The normalized spacial score (nSPS) is 10.6. The van der Waals surface area contributed by atoms with Gasteiger partial charge in [0.2, 0.25) is 0 Å². The van der Waals surface area contributed by atoms with Gasteiger partial charge in [0.25, 0.3) is 0 Å². The lowest BCUT2D eigenvalue weighted by molar-refractivity contribution is -0.146. The average molecular weight is 234 g/mol. The molecule has 0 heterocycles. The number of ether oxygens (including phenoxy) is 1. The summed E-state index contributed by atoms with van der Waals surface area (Å²) < 4.78 is 5.11. The first kappa shape index (κ1) is 13.8. The van der Waals surface area contributed by atoms with E-state index < -0.39 is 0 Å². The first-order valence-electron chi connectivity index (χ1n) is 6.39. The highest BCUT2D eigenvalue weighted by molar-refractivity contribution is 5.72. The Kier molecular flexibility index (Phi) is 5.75. The zero-order chi connectivity index (χ0) is 12.7. The third-order valence-corrected chi connectivity index (χ3v) is 2.56. The molecule has 17 heavy (non-hydrogen) atoms. The van der Waals surface area contributed by atoms with Crippen molar-refractivity contribution in [3.63, 3.8) is 0 Å². The van der Waals surface area contributed by atoms with Crippen LogP contribution in [0.15, 0.2) is 24.3 Å². The molecule has 2 heteroatoms. The van der Waals surface area contributed by atoms with Gasteiger partial charge in [-0.1, -0.05) is 37.6 Å². The number of esters is 1. The zero-order valence-corrected chi connectivity index (χ0v) is 11.0. The molecule has 1 aromatic rings. The van der Waals surface area contributed by atoms with Gasteiger partial charge >= 0.3 is 5.97 Å². The van der Waals surface area contributed by atoms with Gasteiger partial charge in [0, 0.05) is 0 Å². The maximum Gasteiger partial charge on any atom is 0.310 e. The molecule has 1 aromatic carbocycles. The van der Waals surface area contributed by atoms with Crippen LogP contribution in [0.3, 0.4) is 0 Å². The molecule has 2 nitrogen and oxygen atoms in total. The van der Waals surface area contributed by atoms with Crippen molar-refractivity contribution in [1.29, 1.82) is 0 Å². The molecule has 0 saturated carbocycles. The van der Waals surface area contributed by atoms with Gasteiger partial charge in [0.1, 0.15) is 0 Å². The molecule has 0 amide bonds. The fraction of sp³-hybridized carbons (Fsp3) is 0.533. The van der Waals surface area contributed by atoms with Gasteiger partial charge in [-0.15, -0.1) is 0 Å². The summed E-state index contributed by atoms with van der Waals surface area (Å²) in [5.41, 5.74) is 2.36. The molecule has 0 unspecified atom stereocenters. The van der Waals surface area contributed by atoms with Crippen LogP contribution in [-0.4, -0.2) is 12.1 Å². The average Bonchev–Trinajstić information content (AvgIpc) is 2.27. The van der Waals surface area contributed by atoms with Crippen molar-refractivity contribution in [2.75, 3.05) is 0 Å². The molecule has 0 saturated heterocycles. The van der Waals surface area contributed by atoms with E-state index in [0.717, 1.165) is 12.0 Å². The van der Waals surface area contributed by atoms with E-state index in [1.165, 1.54) is 18.4 Å². The monoisotopic (exact) mass is 234 g/mol. The fourth-order valence-electron chi connectivity index (χ4n) is 1.68. The summed E-state index contributed by atoms with van der Waals surface area (Å²) in [5, 5.41) is 0. The minimum atomic E-state index is -0.152. The Hall–Kier alpha value is -1.31. The van der Waals surface area contributed by atoms with Crippen molar-refractivity contribution < 1.29 is 9.53 Å². The number of carbonyl (C=O) groups excluding carboxylic acids is 1. The van der Waals surface area contributed by atoms with Crippen LogP contribution < -0.4 is 0 Å². The molecule has 0 bridgehead atoms. The Bertz CT molecular complexity index is 338. The molecule has 0 spiro atoms. The van der Waals surface area contributed by atoms with E-state index in [4.69, 9.17) is 4.74 Å². The topological polar surface area (TPSA) is 26.3 Å². The van der Waals surface area contributed by atoms with Crippen LogP contribution in [-0.2, 0) is 22.4 Å². The second-order valence-corrected chi connectivity index (χ2v) is 4.64. The summed E-state index contributed by atoms with van der Waals surface area (Å²) in [6, 6.07) is 8.25. The molecule has 0 aromatic heterocycles. The molecule has 0 atom stereocenters. The number of benzene rings is 1. The van der Waals surface area contributed by atoms with Crippen LogP contribution in [0.5, 0.6) is 0 Å². The largest absolute Gasteiger partial charge is 0.463 e. The molecular weight excluding hydrogens is 212 g/mol.